The third-order valence-corrected chi connectivity index (χ3v) is 3.77. The second-order valence-electron chi connectivity index (χ2n) is 5.60. The van der Waals surface area contributed by atoms with E-state index >= 15 is 0 Å². The van der Waals surface area contributed by atoms with Crippen LogP contribution < -0.4 is 5.73 Å². The van der Waals surface area contributed by atoms with Gasteiger partial charge in [0.25, 0.3) is 0 Å². The molecule has 1 aromatic carbocycles. The number of rotatable bonds is 4. The van der Waals surface area contributed by atoms with E-state index in [2.05, 4.69) is 36.1 Å². The van der Waals surface area contributed by atoms with E-state index in [4.69, 9.17) is 10.5 Å². The molecule has 0 aromatic heterocycles. The zero-order valence-electron chi connectivity index (χ0n) is 12.3. The highest BCUT2D eigenvalue weighted by Crippen LogP contribution is 2.26. The van der Waals surface area contributed by atoms with Gasteiger partial charge >= 0.3 is 5.97 Å². The summed E-state index contributed by atoms with van der Waals surface area (Å²) in [5.41, 5.74) is 8.71. The minimum absolute atomic E-state index is 0.115. The van der Waals surface area contributed by atoms with Gasteiger partial charge in [0.2, 0.25) is 0 Å². The van der Waals surface area contributed by atoms with Crippen LogP contribution in [0, 0.1) is 6.92 Å². The molecular formula is C16H24N2O2. The summed E-state index contributed by atoms with van der Waals surface area (Å²) >= 11 is 0. The highest BCUT2D eigenvalue weighted by atomic mass is 16.5. The quantitative estimate of drug-likeness (QED) is 0.850. The minimum Gasteiger partial charge on any atom is -0.465 e. The lowest BCUT2D eigenvalue weighted by atomic mass is 9.88. The molecule has 0 radical (unpaired) electrons. The van der Waals surface area contributed by atoms with Crippen LogP contribution in [0.5, 0.6) is 0 Å². The SMILES string of the molecule is CCOC(=O)CN1CC(N)CC(c2ccc(C)cc2)C1. The van der Waals surface area contributed by atoms with E-state index in [0.717, 1.165) is 19.5 Å². The van der Waals surface area contributed by atoms with Crippen LogP contribution in [0.3, 0.4) is 0 Å². The molecule has 0 aliphatic carbocycles. The van der Waals surface area contributed by atoms with Gasteiger partial charge in [-0.15, -0.1) is 0 Å². The summed E-state index contributed by atoms with van der Waals surface area (Å²) in [7, 11) is 0. The van der Waals surface area contributed by atoms with Gasteiger partial charge in [0.1, 0.15) is 0 Å². The standard InChI is InChI=1S/C16H24N2O2/c1-3-20-16(19)11-18-9-14(8-15(17)10-18)13-6-4-12(2)5-7-13/h4-7,14-15H,3,8-11,17H2,1-2H3. The first-order valence-corrected chi connectivity index (χ1v) is 7.28. The Morgan fingerprint density at radius 1 is 1.35 bits per heavy atom. The molecular weight excluding hydrogens is 252 g/mol. The molecule has 1 aliphatic heterocycles. The predicted molar refractivity (Wildman–Crippen MR) is 79.6 cm³/mol. The molecule has 1 saturated heterocycles. The number of ether oxygens (including phenoxy) is 1. The second-order valence-corrected chi connectivity index (χ2v) is 5.60. The average molecular weight is 276 g/mol. The van der Waals surface area contributed by atoms with Crippen molar-refractivity contribution in [2.75, 3.05) is 26.2 Å². The van der Waals surface area contributed by atoms with Gasteiger partial charge in [0.05, 0.1) is 13.2 Å². The van der Waals surface area contributed by atoms with Gasteiger partial charge < -0.3 is 10.5 Å². The number of carbonyl (C=O) groups is 1. The van der Waals surface area contributed by atoms with E-state index in [-0.39, 0.29) is 12.0 Å². The molecule has 0 amide bonds. The molecule has 1 fully saturated rings. The van der Waals surface area contributed by atoms with Crippen molar-refractivity contribution in [3.05, 3.63) is 35.4 Å². The van der Waals surface area contributed by atoms with Crippen molar-refractivity contribution in [3.63, 3.8) is 0 Å². The van der Waals surface area contributed by atoms with Gasteiger partial charge in [-0.1, -0.05) is 29.8 Å². The Morgan fingerprint density at radius 2 is 2.05 bits per heavy atom. The zero-order chi connectivity index (χ0) is 14.5. The summed E-state index contributed by atoms with van der Waals surface area (Å²) in [6.45, 7) is 6.32. The third kappa shape index (κ3) is 4.05. The van der Waals surface area contributed by atoms with Crippen molar-refractivity contribution in [2.45, 2.75) is 32.2 Å². The van der Waals surface area contributed by atoms with Crippen LogP contribution in [-0.4, -0.2) is 43.2 Å². The molecule has 110 valence electrons. The van der Waals surface area contributed by atoms with Crippen LogP contribution >= 0.6 is 0 Å². The second kappa shape index (κ2) is 6.86. The van der Waals surface area contributed by atoms with Gasteiger partial charge in [-0.3, -0.25) is 9.69 Å². The lowest BCUT2D eigenvalue weighted by Gasteiger charge is -2.36. The number of nitrogens with two attached hydrogens (primary N) is 1. The molecule has 1 aliphatic rings. The molecule has 2 rings (SSSR count). The summed E-state index contributed by atoms with van der Waals surface area (Å²) in [6, 6.07) is 8.71. The number of likely N-dealkylation sites (tertiary alicyclic amines) is 1. The summed E-state index contributed by atoms with van der Waals surface area (Å²) < 4.78 is 5.02. The average Bonchev–Trinajstić information content (AvgIpc) is 2.39. The topological polar surface area (TPSA) is 55.6 Å². The van der Waals surface area contributed by atoms with Gasteiger partial charge in [0.15, 0.2) is 0 Å². The first-order valence-electron chi connectivity index (χ1n) is 7.28. The molecule has 2 unspecified atom stereocenters. The lowest BCUT2D eigenvalue weighted by Crippen LogP contribution is -2.48. The fourth-order valence-corrected chi connectivity index (χ4v) is 2.83. The first kappa shape index (κ1) is 15.0. The molecule has 1 heterocycles. The summed E-state index contributed by atoms with van der Waals surface area (Å²) in [6.07, 6.45) is 0.975. The number of nitrogens with zero attached hydrogens (tertiary/aromatic N) is 1. The molecule has 0 spiro atoms. The summed E-state index contributed by atoms with van der Waals surface area (Å²) in [5.74, 6) is 0.234. The number of hydrogen-bond donors (Lipinski definition) is 1. The van der Waals surface area contributed by atoms with Crippen LogP contribution in [0.1, 0.15) is 30.4 Å². The van der Waals surface area contributed by atoms with E-state index < -0.39 is 0 Å². The number of carbonyl (C=O) groups excluding carboxylic acids is 1. The molecule has 2 N–H and O–H groups in total. The fourth-order valence-electron chi connectivity index (χ4n) is 2.83. The van der Waals surface area contributed by atoms with Crippen LogP contribution in [0.25, 0.3) is 0 Å². The van der Waals surface area contributed by atoms with E-state index in [1.54, 1.807) is 0 Å². The number of esters is 1. The Balaban J connectivity index is 2.00. The van der Waals surface area contributed by atoms with Crippen LogP contribution in [-0.2, 0) is 9.53 Å². The summed E-state index contributed by atoms with van der Waals surface area (Å²) in [4.78, 5) is 13.7. The van der Waals surface area contributed by atoms with Gasteiger partial charge in [0, 0.05) is 19.1 Å². The number of aryl methyl sites for hydroxylation is 1. The van der Waals surface area contributed by atoms with E-state index in [1.165, 1.54) is 11.1 Å². The van der Waals surface area contributed by atoms with Crippen LogP contribution in [0.15, 0.2) is 24.3 Å². The fraction of sp³-hybridized carbons (Fsp3) is 0.562. The van der Waals surface area contributed by atoms with E-state index in [1.807, 2.05) is 6.92 Å². The minimum atomic E-state index is -0.163. The van der Waals surface area contributed by atoms with Gasteiger partial charge in [-0.05, 0) is 31.7 Å². The Hall–Kier alpha value is -1.39. The van der Waals surface area contributed by atoms with Crippen molar-refractivity contribution in [1.29, 1.82) is 0 Å². The highest BCUT2D eigenvalue weighted by Gasteiger charge is 2.27. The smallest absolute Gasteiger partial charge is 0.320 e. The maximum atomic E-state index is 11.6. The number of piperidine rings is 1. The van der Waals surface area contributed by atoms with Crippen molar-refractivity contribution in [3.8, 4) is 0 Å². The predicted octanol–water partition coefficient (Wildman–Crippen LogP) is 1.67. The van der Waals surface area contributed by atoms with Crippen molar-refractivity contribution in [1.82, 2.24) is 4.90 Å². The molecule has 4 heteroatoms. The molecule has 0 saturated carbocycles. The van der Waals surface area contributed by atoms with Crippen molar-refractivity contribution < 1.29 is 9.53 Å². The monoisotopic (exact) mass is 276 g/mol. The van der Waals surface area contributed by atoms with E-state index in [9.17, 15) is 4.79 Å². The lowest BCUT2D eigenvalue weighted by molar-refractivity contribution is -0.144. The third-order valence-electron chi connectivity index (χ3n) is 3.77. The number of benzene rings is 1. The molecule has 2 atom stereocenters. The van der Waals surface area contributed by atoms with Crippen LogP contribution in [0.2, 0.25) is 0 Å². The Morgan fingerprint density at radius 3 is 2.70 bits per heavy atom. The van der Waals surface area contributed by atoms with Crippen LogP contribution in [0.4, 0.5) is 0 Å². The normalized spacial score (nSPS) is 23.6. The molecule has 0 bridgehead atoms. The largest absolute Gasteiger partial charge is 0.465 e. The number of hydrogen-bond acceptors (Lipinski definition) is 4. The van der Waals surface area contributed by atoms with E-state index in [0.29, 0.717) is 19.1 Å². The summed E-state index contributed by atoms with van der Waals surface area (Å²) in [5, 5.41) is 0. The van der Waals surface area contributed by atoms with Gasteiger partial charge in [-0.2, -0.15) is 0 Å². The molecule has 4 nitrogen and oxygen atoms in total. The van der Waals surface area contributed by atoms with Crippen molar-refractivity contribution in [2.24, 2.45) is 5.73 Å². The first-order chi connectivity index (χ1) is 9.58. The Kier molecular flexibility index (Phi) is 5.15. The zero-order valence-corrected chi connectivity index (χ0v) is 12.3. The Bertz CT molecular complexity index is 444. The molecule has 20 heavy (non-hydrogen) atoms. The Labute approximate surface area is 120 Å². The van der Waals surface area contributed by atoms with Gasteiger partial charge in [-0.25, -0.2) is 0 Å². The highest BCUT2D eigenvalue weighted by molar-refractivity contribution is 5.71. The van der Waals surface area contributed by atoms with Crippen molar-refractivity contribution >= 4 is 5.97 Å². The maximum Gasteiger partial charge on any atom is 0.320 e. The maximum absolute atomic E-state index is 11.6. The molecule has 1 aromatic rings.